The summed E-state index contributed by atoms with van der Waals surface area (Å²) >= 11 is 6.18. The van der Waals surface area contributed by atoms with E-state index in [1.807, 2.05) is 6.92 Å². The molecule has 2 aromatic rings. The van der Waals surface area contributed by atoms with Gasteiger partial charge in [0.15, 0.2) is 5.78 Å². The number of ether oxygens (including phenoxy) is 3. The van der Waals surface area contributed by atoms with E-state index in [4.69, 9.17) is 25.8 Å². The summed E-state index contributed by atoms with van der Waals surface area (Å²) < 4.78 is 16.4. The highest BCUT2D eigenvalue weighted by Gasteiger charge is 2.16. The van der Waals surface area contributed by atoms with Gasteiger partial charge in [-0.15, -0.1) is 0 Å². The molecule has 0 atom stereocenters. The minimum absolute atomic E-state index is 0.00780. The fraction of sp³-hybridized carbons (Fsp3) is 0.391. The van der Waals surface area contributed by atoms with E-state index in [1.165, 1.54) is 13.0 Å². The molecule has 0 saturated heterocycles. The Morgan fingerprint density at radius 1 is 1.03 bits per heavy atom. The van der Waals surface area contributed by atoms with Crippen molar-refractivity contribution in [3.05, 3.63) is 52.0 Å². The van der Waals surface area contributed by atoms with E-state index in [2.05, 4.69) is 0 Å². The molecule has 7 heteroatoms. The predicted molar refractivity (Wildman–Crippen MR) is 115 cm³/mol. The maximum atomic E-state index is 11.7. The van der Waals surface area contributed by atoms with Gasteiger partial charge in [-0.1, -0.05) is 24.9 Å². The minimum Gasteiger partial charge on any atom is -0.507 e. The smallest absolute Gasteiger partial charge is 0.338 e. The third-order valence-electron chi connectivity index (χ3n) is 4.37. The Balaban J connectivity index is 1.91. The quantitative estimate of drug-likeness (QED) is 0.296. The number of hydrogen-bond acceptors (Lipinski definition) is 6. The van der Waals surface area contributed by atoms with Gasteiger partial charge in [-0.05, 0) is 50.6 Å². The van der Waals surface area contributed by atoms with Gasteiger partial charge in [-0.25, -0.2) is 4.79 Å². The number of carbonyl (C=O) groups is 2. The van der Waals surface area contributed by atoms with Crippen LogP contribution in [0.15, 0.2) is 30.3 Å². The molecule has 162 valence electrons. The average Bonchev–Trinajstić information content (AvgIpc) is 2.71. The topological polar surface area (TPSA) is 82.1 Å². The SMILES string of the molecule is CCCc1c(OCCCOc2ccc(C(=O)OCC)cc2Cl)ccc(C(C)=O)c1O. The third-order valence-corrected chi connectivity index (χ3v) is 4.66. The van der Waals surface area contributed by atoms with Gasteiger partial charge in [-0.3, -0.25) is 4.79 Å². The van der Waals surface area contributed by atoms with E-state index >= 15 is 0 Å². The molecule has 2 aromatic carbocycles. The molecule has 0 unspecified atom stereocenters. The second-order valence-corrected chi connectivity index (χ2v) is 7.07. The maximum Gasteiger partial charge on any atom is 0.338 e. The second kappa shape index (κ2) is 11.5. The van der Waals surface area contributed by atoms with Gasteiger partial charge in [0.1, 0.15) is 17.2 Å². The van der Waals surface area contributed by atoms with Gasteiger partial charge >= 0.3 is 5.97 Å². The van der Waals surface area contributed by atoms with E-state index < -0.39 is 5.97 Å². The second-order valence-electron chi connectivity index (χ2n) is 6.66. The first kappa shape index (κ1) is 23.5. The van der Waals surface area contributed by atoms with Crippen LogP contribution >= 0.6 is 11.6 Å². The van der Waals surface area contributed by atoms with Crippen molar-refractivity contribution in [1.82, 2.24) is 0 Å². The van der Waals surface area contributed by atoms with E-state index in [-0.39, 0.29) is 11.5 Å². The summed E-state index contributed by atoms with van der Waals surface area (Å²) in [7, 11) is 0. The highest BCUT2D eigenvalue weighted by atomic mass is 35.5. The van der Waals surface area contributed by atoms with Crippen molar-refractivity contribution in [2.45, 2.75) is 40.0 Å². The molecule has 0 aliphatic heterocycles. The lowest BCUT2D eigenvalue weighted by Crippen LogP contribution is -2.08. The van der Waals surface area contributed by atoms with Gasteiger partial charge < -0.3 is 19.3 Å². The number of phenolic OH excluding ortho intramolecular Hbond substituents is 1. The van der Waals surface area contributed by atoms with E-state index in [1.54, 1.807) is 31.2 Å². The summed E-state index contributed by atoms with van der Waals surface area (Å²) in [4.78, 5) is 23.4. The molecule has 30 heavy (non-hydrogen) atoms. The highest BCUT2D eigenvalue weighted by Crippen LogP contribution is 2.33. The Morgan fingerprint density at radius 3 is 2.30 bits per heavy atom. The zero-order chi connectivity index (χ0) is 22.1. The Kier molecular flexibility index (Phi) is 8.99. The van der Waals surface area contributed by atoms with Crippen molar-refractivity contribution < 1.29 is 28.9 Å². The van der Waals surface area contributed by atoms with Crippen LogP contribution in [0.5, 0.6) is 17.2 Å². The molecule has 0 amide bonds. The monoisotopic (exact) mass is 434 g/mol. The first-order chi connectivity index (χ1) is 14.4. The van der Waals surface area contributed by atoms with Gasteiger partial charge in [-0.2, -0.15) is 0 Å². The first-order valence-electron chi connectivity index (χ1n) is 9.97. The van der Waals surface area contributed by atoms with Crippen molar-refractivity contribution in [3.8, 4) is 17.2 Å². The first-order valence-corrected chi connectivity index (χ1v) is 10.3. The van der Waals surface area contributed by atoms with Crippen LogP contribution < -0.4 is 9.47 Å². The predicted octanol–water partition coefficient (Wildman–Crippen LogP) is 5.23. The van der Waals surface area contributed by atoms with Gasteiger partial charge in [0.2, 0.25) is 0 Å². The lowest BCUT2D eigenvalue weighted by Gasteiger charge is -2.15. The molecule has 0 fully saturated rings. The Labute approximate surface area is 181 Å². The number of hydrogen-bond donors (Lipinski definition) is 1. The molecule has 0 heterocycles. The summed E-state index contributed by atoms with van der Waals surface area (Å²) in [5, 5.41) is 10.7. The third kappa shape index (κ3) is 6.13. The number of Topliss-reactive ketones (excluding diaryl/α,β-unsaturated/α-hetero) is 1. The number of phenols is 1. The van der Waals surface area contributed by atoms with Gasteiger partial charge in [0.05, 0.1) is 36.0 Å². The lowest BCUT2D eigenvalue weighted by molar-refractivity contribution is 0.0526. The molecule has 0 aliphatic carbocycles. The van der Waals surface area contributed by atoms with E-state index in [9.17, 15) is 14.7 Å². The molecule has 1 N–H and O–H groups in total. The van der Waals surface area contributed by atoms with E-state index in [0.717, 1.165) is 6.42 Å². The van der Waals surface area contributed by atoms with Gasteiger partial charge in [0.25, 0.3) is 0 Å². The summed E-state index contributed by atoms with van der Waals surface area (Å²) in [5.41, 5.74) is 1.31. The van der Waals surface area contributed by atoms with Crippen LogP contribution in [0.1, 0.15) is 59.9 Å². The molecule has 2 rings (SSSR count). The molecule has 0 spiro atoms. The summed E-state index contributed by atoms with van der Waals surface area (Å²) in [6.45, 7) is 6.18. The van der Waals surface area contributed by atoms with Crippen molar-refractivity contribution in [2.24, 2.45) is 0 Å². The molecule has 0 saturated carbocycles. The zero-order valence-electron chi connectivity index (χ0n) is 17.5. The number of benzene rings is 2. The number of halogens is 1. The number of carbonyl (C=O) groups excluding carboxylic acids is 2. The van der Waals surface area contributed by atoms with Crippen molar-refractivity contribution in [3.63, 3.8) is 0 Å². The van der Waals surface area contributed by atoms with Crippen LogP contribution in [0.4, 0.5) is 0 Å². The molecular weight excluding hydrogens is 408 g/mol. The van der Waals surface area contributed by atoms with E-state index in [0.29, 0.717) is 65.9 Å². The Hall–Kier alpha value is -2.73. The summed E-state index contributed by atoms with van der Waals surface area (Å²) in [5.74, 6) is 0.416. The number of aromatic hydroxyl groups is 1. The molecular formula is C23H27ClO6. The van der Waals surface area contributed by atoms with Crippen LogP contribution in [-0.4, -0.2) is 36.7 Å². The maximum absolute atomic E-state index is 11.7. The lowest BCUT2D eigenvalue weighted by atomic mass is 10.0. The molecule has 0 aromatic heterocycles. The fourth-order valence-corrected chi connectivity index (χ4v) is 3.15. The Bertz CT molecular complexity index is 894. The molecule has 0 aliphatic rings. The summed E-state index contributed by atoms with van der Waals surface area (Å²) in [6.07, 6.45) is 2.01. The van der Waals surface area contributed by atoms with Gasteiger partial charge in [0, 0.05) is 12.0 Å². The average molecular weight is 435 g/mol. The van der Waals surface area contributed by atoms with Crippen molar-refractivity contribution in [2.75, 3.05) is 19.8 Å². The number of esters is 1. The zero-order valence-corrected chi connectivity index (χ0v) is 18.3. The minimum atomic E-state index is -0.429. The fourth-order valence-electron chi connectivity index (χ4n) is 2.91. The number of ketones is 1. The normalized spacial score (nSPS) is 10.5. The van der Waals surface area contributed by atoms with Crippen LogP contribution in [0.25, 0.3) is 0 Å². The largest absolute Gasteiger partial charge is 0.507 e. The highest BCUT2D eigenvalue weighted by molar-refractivity contribution is 6.32. The van der Waals surface area contributed by atoms with Crippen molar-refractivity contribution in [1.29, 1.82) is 0 Å². The molecule has 0 bridgehead atoms. The van der Waals surface area contributed by atoms with Crippen molar-refractivity contribution >= 4 is 23.4 Å². The van der Waals surface area contributed by atoms with Crippen LogP contribution in [0.3, 0.4) is 0 Å². The Morgan fingerprint density at radius 2 is 1.70 bits per heavy atom. The number of rotatable bonds is 11. The summed E-state index contributed by atoms with van der Waals surface area (Å²) in [6, 6.07) is 8.04. The van der Waals surface area contributed by atoms with Crippen LogP contribution in [0, 0.1) is 0 Å². The van der Waals surface area contributed by atoms with Crippen LogP contribution in [0.2, 0.25) is 5.02 Å². The molecule has 0 radical (unpaired) electrons. The standard InChI is InChI=1S/C23H27ClO6/c1-4-7-18-20(11-9-17(15(3)25)22(18)26)29-12-6-13-30-21-10-8-16(14-19(21)24)23(27)28-5-2/h8-11,14,26H,4-7,12-13H2,1-3H3. The van der Waals surface area contributed by atoms with Crippen LogP contribution in [-0.2, 0) is 11.2 Å². The molecule has 6 nitrogen and oxygen atoms in total.